The van der Waals surface area contributed by atoms with Crippen molar-refractivity contribution in [2.45, 2.75) is 69.4 Å². The molecular formula is C20H27NO3. The van der Waals surface area contributed by atoms with Crippen LogP contribution in [0.15, 0.2) is 30.3 Å². The maximum absolute atomic E-state index is 12.7. The van der Waals surface area contributed by atoms with Crippen LogP contribution in [0.4, 0.5) is 0 Å². The Bertz CT molecular complexity index is 578. The molecule has 0 spiro atoms. The molecule has 0 aromatic heterocycles. The highest BCUT2D eigenvalue weighted by Gasteiger charge is 2.37. The Labute approximate surface area is 143 Å². The fourth-order valence-corrected chi connectivity index (χ4v) is 4.10. The van der Waals surface area contributed by atoms with Crippen molar-refractivity contribution in [2.75, 3.05) is 6.54 Å². The van der Waals surface area contributed by atoms with Gasteiger partial charge in [-0.05, 0) is 25.7 Å². The van der Waals surface area contributed by atoms with Gasteiger partial charge < -0.3 is 10.0 Å². The first kappa shape index (κ1) is 17.2. The second kappa shape index (κ2) is 7.47. The van der Waals surface area contributed by atoms with Crippen molar-refractivity contribution < 1.29 is 14.7 Å². The molecule has 4 heteroatoms. The highest BCUT2D eigenvalue weighted by Crippen LogP contribution is 2.33. The van der Waals surface area contributed by atoms with Gasteiger partial charge in [0.2, 0.25) is 5.91 Å². The molecule has 1 heterocycles. The van der Waals surface area contributed by atoms with Crippen LogP contribution in [-0.4, -0.2) is 39.9 Å². The normalized spacial score (nSPS) is 23.2. The number of carbonyl (C=O) groups is 2. The lowest BCUT2D eigenvalue weighted by Gasteiger charge is -2.34. The average molecular weight is 329 g/mol. The van der Waals surface area contributed by atoms with Crippen LogP contribution in [0, 0.1) is 0 Å². The first-order valence-electron chi connectivity index (χ1n) is 9.17. The number of carbonyl (C=O) groups excluding carboxylic acids is 2. The number of ketones is 1. The highest BCUT2D eigenvalue weighted by atomic mass is 16.3. The maximum atomic E-state index is 12.7. The van der Waals surface area contributed by atoms with Crippen LogP contribution in [0.5, 0.6) is 0 Å². The molecule has 2 aliphatic rings. The highest BCUT2D eigenvalue weighted by molar-refractivity contribution is 5.96. The topological polar surface area (TPSA) is 57.6 Å². The van der Waals surface area contributed by atoms with Gasteiger partial charge in [-0.2, -0.15) is 0 Å². The lowest BCUT2D eigenvalue weighted by atomic mass is 9.82. The summed E-state index contributed by atoms with van der Waals surface area (Å²) in [6.07, 6.45) is 7.01. The van der Waals surface area contributed by atoms with Crippen LogP contribution >= 0.6 is 0 Å². The third-order valence-corrected chi connectivity index (χ3v) is 5.48. The summed E-state index contributed by atoms with van der Waals surface area (Å²) < 4.78 is 0. The second-order valence-corrected chi connectivity index (χ2v) is 7.34. The summed E-state index contributed by atoms with van der Waals surface area (Å²) in [5, 5.41) is 10.6. The Hall–Kier alpha value is -1.68. The molecule has 1 N–H and O–H groups in total. The molecule has 1 aromatic rings. The minimum Gasteiger partial charge on any atom is -0.389 e. The molecule has 3 rings (SSSR count). The molecule has 4 nitrogen and oxygen atoms in total. The molecule has 1 amide bonds. The fraction of sp³-hybridized carbons (Fsp3) is 0.600. The molecule has 1 unspecified atom stereocenters. The van der Waals surface area contributed by atoms with E-state index in [4.69, 9.17) is 0 Å². The van der Waals surface area contributed by atoms with Crippen LogP contribution in [-0.2, 0) is 4.79 Å². The number of aliphatic hydroxyl groups is 1. The second-order valence-electron chi connectivity index (χ2n) is 7.34. The van der Waals surface area contributed by atoms with Crippen molar-refractivity contribution in [1.82, 2.24) is 4.90 Å². The number of rotatable bonds is 5. The number of amides is 1. The van der Waals surface area contributed by atoms with Gasteiger partial charge in [0.1, 0.15) is 0 Å². The maximum Gasteiger partial charge on any atom is 0.225 e. The number of hydrogen-bond donors (Lipinski definition) is 1. The van der Waals surface area contributed by atoms with Crippen molar-refractivity contribution >= 4 is 11.7 Å². The Kier molecular flexibility index (Phi) is 5.34. The minimum atomic E-state index is -0.827. The van der Waals surface area contributed by atoms with Gasteiger partial charge in [0.15, 0.2) is 5.78 Å². The van der Waals surface area contributed by atoms with Crippen molar-refractivity contribution in [3.05, 3.63) is 35.9 Å². The van der Waals surface area contributed by atoms with Crippen LogP contribution in [0.25, 0.3) is 0 Å². The molecule has 1 aliphatic carbocycles. The fourth-order valence-electron chi connectivity index (χ4n) is 4.10. The van der Waals surface area contributed by atoms with Crippen molar-refractivity contribution in [3.8, 4) is 0 Å². The quantitative estimate of drug-likeness (QED) is 0.843. The smallest absolute Gasteiger partial charge is 0.225 e. The molecule has 2 fully saturated rings. The number of likely N-dealkylation sites (tertiary alicyclic amines) is 1. The zero-order valence-corrected chi connectivity index (χ0v) is 14.2. The number of Topliss-reactive ketones (excluding diaryl/α,β-unsaturated/α-hetero) is 1. The molecule has 0 radical (unpaired) electrons. The number of nitrogens with zero attached hydrogens (tertiary/aromatic N) is 1. The summed E-state index contributed by atoms with van der Waals surface area (Å²) in [4.78, 5) is 27.0. The zero-order valence-electron chi connectivity index (χ0n) is 14.2. The molecule has 1 atom stereocenters. The van der Waals surface area contributed by atoms with Gasteiger partial charge in [0, 0.05) is 24.6 Å². The summed E-state index contributed by atoms with van der Waals surface area (Å²) in [5.74, 6) is 0.111. The number of hydrogen-bond acceptors (Lipinski definition) is 3. The molecule has 130 valence electrons. The Morgan fingerprint density at radius 1 is 1.08 bits per heavy atom. The Morgan fingerprint density at radius 2 is 1.79 bits per heavy atom. The van der Waals surface area contributed by atoms with Gasteiger partial charge in [-0.1, -0.05) is 49.6 Å². The lowest BCUT2D eigenvalue weighted by molar-refractivity contribution is -0.138. The third-order valence-electron chi connectivity index (χ3n) is 5.48. The summed E-state index contributed by atoms with van der Waals surface area (Å²) in [7, 11) is 0. The summed E-state index contributed by atoms with van der Waals surface area (Å²) in [5.41, 5.74) is -0.117. The van der Waals surface area contributed by atoms with Gasteiger partial charge in [-0.15, -0.1) is 0 Å². The SMILES string of the molecule is O=C(CC1CCCN1C(=O)CC1(O)CCCCC1)c1ccccc1. The molecule has 24 heavy (non-hydrogen) atoms. The van der Waals surface area contributed by atoms with Crippen LogP contribution in [0.1, 0.15) is 68.1 Å². The van der Waals surface area contributed by atoms with E-state index in [0.717, 1.165) is 44.9 Å². The molecule has 1 saturated heterocycles. The van der Waals surface area contributed by atoms with Gasteiger partial charge in [-0.3, -0.25) is 9.59 Å². The summed E-state index contributed by atoms with van der Waals surface area (Å²) >= 11 is 0. The van der Waals surface area contributed by atoms with Gasteiger partial charge in [-0.25, -0.2) is 0 Å². The van der Waals surface area contributed by atoms with E-state index in [1.54, 1.807) is 0 Å². The van der Waals surface area contributed by atoms with Crippen molar-refractivity contribution in [2.24, 2.45) is 0 Å². The van der Waals surface area contributed by atoms with E-state index in [0.29, 0.717) is 18.5 Å². The van der Waals surface area contributed by atoms with Gasteiger partial charge in [0.05, 0.1) is 12.0 Å². The molecule has 1 aliphatic heterocycles. The minimum absolute atomic E-state index is 0.0163. The average Bonchev–Trinajstić information content (AvgIpc) is 3.04. The van der Waals surface area contributed by atoms with Crippen molar-refractivity contribution in [1.29, 1.82) is 0 Å². The van der Waals surface area contributed by atoms with Crippen LogP contribution < -0.4 is 0 Å². The van der Waals surface area contributed by atoms with Crippen LogP contribution in [0.2, 0.25) is 0 Å². The molecular weight excluding hydrogens is 302 g/mol. The van der Waals surface area contributed by atoms with E-state index < -0.39 is 5.60 Å². The van der Waals surface area contributed by atoms with E-state index in [-0.39, 0.29) is 24.2 Å². The monoisotopic (exact) mass is 329 g/mol. The van der Waals surface area contributed by atoms with E-state index in [1.807, 2.05) is 35.2 Å². The summed E-state index contributed by atoms with van der Waals surface area (Å²) in [6, 6.07) is 9.26. The molecule has 1 saturated carbocycles. The first-order valence-corrected chi connectivity index (χ1v) is 9.17. The standard InChI is InChI=1S/C20H27NO3/c22-18(16-8-3-1-4-9-16)14-17-10-7-13-21(17)19(23)15-20(24)11-5-2-6-12-20/h1,3-4,8-9,17,24H,2,5-7,10-15H2. The van der Waals surface area contributed by atoms with Gasteiger partial charge in [0.25, 0.3) is 0 Å². The third kappa shape index (κ3) is 4.04. The van der Waals surface area contributed by atoms with E-state index >= 15 is 0 Å². The Balaban J connectivity index is 1.60. The zero-order chi connectivity index (χ0) is 17.0. The largest absolute Gasteiger partial charge is 0.389 e. The summed E-state index contributed by atoms with van der Waals surface area (Å²) in [6.45, 7) is 0.710. The molecule has 0 bridgehead atoms. The lowest BCUT2D eigenvalue weighted by Crippen LogP contribution is -2.43. The Morgan fingerprint density at radius 3 is 2.50 bits per heavy atom. The molecule has 1 aromatic carbocycles. The first-order chi connectivity index (χ1) is 11.6. The predicted octanol–water partition coefficient (Wildman–Crippen LogP) is 3.34. The van der Waals surface area contributed by atoms with Crippen molar-refractivity contribution in [3.63, 3.8) is 0 Å². The van der Waals surface area contributed by atoms with E-state index in [9.17, 15) is 14.7 Å². The van der Waals surface area contributed by atoms with E-state index in [1.165, 1.54) is 0 Å². The van der Waals surface area contributed by atoms with E-state index in [2.05, 4.69) is 0 Å². The number of benzene rings is 1. The predicted molar refractivity (Wildman–Crippen MR) is 92.8 cm³/mol. The van der Waals surface area contributed by atoms with Gasteiger partial charge >= 0.3 is 0 Å². The van der Waals surface area contributed by atoms with Crippen LogP contribution in [0.3, 0.4) is 0 Å².